The Bertz CT molecular complexity index is 589. The van der Waals surface area contributed by atoms with Crippen molar-refractivity contribution >= 4 is 11.7 Å². The molecule has 3 rings (SSSR count). The number of anilines is 1. The smallest absolute Gasteiger partial charge is 0.319 e. The molecular formula is C19H22N2O. The van der Waals surface area contributed by atoms with Crippen LogP contribution in [0.5, 0.6) is 0 Å². The maximum Gasteiger partial charge on any atom is 0.319 e. The molecule has 0 saturated heterocycles. The Morgan fingerprint density at radius 3 is 2.05 bits per heavy atom. The van der Waals surface area contributed by atoms with Crippen molar-refractivity contribution in [1.82, 2.24) is 5.32 Å². The lowest BCUT2D eigenvalue weighted by atomic mass is 9.82. The lowest BCUT2D eigenvalue weighted by molar-refractivity contribution is 0.242. The van der Waals surface area contributed by atoms with Gasteiger partial charge in [0.05, 0.1) is 0 Å². The molecule has 1 saturated carbocycles. The summed E-state index contributed by atoms with van der Waals surface area (Å²) in [6.07, 6.45) is 4.37. The van der Waals surface area contributed by atoms with Crippen LogP contribution in [0.4, 0.5) is 10.5 Å². The van der Waals surface area contributed by atoms with E-state index in [9.17, 15) is 4.79 Å². The lowest BCUT2D eigenvalue weighted by Gasteiger charge is -2.29. The van der Waals surface area contributed by atoms with E-state index in [-0.39, 0.29) is 12.1 Å². The van der Waals surface area contributed by atoms with Crippen LogP contribution in [0, 0.1) is 0 Å². The number of urea groups is 1. The number of amides is 2. The van der Waals surface area contributed by atoms with Crippen LogP contribution >= 0.6 is 0 Å². The molecule has 3 heteroatoms. The maximum atomic E-state index is 12.0. The molecule has 0 radical (unpaired) electrons. The van der Waals surface area contributed by atoms with Crippen molar-refractivity contribution in [3.8, 4) is 0 Å². The summed E-state index contributed by atoms with van der Waals surface area (Å²) >= 11 is 0. The van der Waals surface area contributed by atoms with Gasteiger partial charge >= 0.3 is 6.03 Å². The quantitative estimate of drug-likeness (QED) is 0.857. The molecule has 2 aromatic rings. The second-order valence-electron chi connectivity index (χ2n) is 5.92. The average Bonchev–Trinajstić information content (AvgIpc) is 2.57. The van der Waals surface area contributed by atoms with Crippen LogP contribution < -0.4 is 10.6 Å². The van der Waals surface area contributed by atoms with E-state index in [1.807, 2.05) is 30.3 Å². The summed E-state index contributed by atoms with van der Waals surface area (Å²) in [5.41, 5.74) is 2.26. The number of hydrogen-bond acceptors (Lipinski definition) is 1. The number of hydrogen-bond donors (Lipinski definition) is 2. The van der Waals surface area contributed by atoms with E-state index in [0.717, 1.165) is 31.4 Å². The molecule has 2 aromatic carbocycles. The number of carbonyl (C=O) groups excluding carboxylic acids is 1. The second kappa shape index (κ2) is 7.12. The predicted molar refractivity (Wildman–Crippen MR) is 90.0 cm³/mol. The van der Waals surface area contributed by atoms with E-state index in [1.54, 1.807) is 0 Å². The molecule has 0 unspecified atom stereocenters. The first-order chi connectivity index (χ1) is 10.8. The SMILES string of the molecule is O=C(Nc1ccccc1)NC1CCC(c2ccccc2)CC1. The zero-order valence-electron chi connectivity index (χ0n) is 12.7. The van der Waals surface area contributed by atoms with Crippen LogP contribution in [0.1, 0.15) is 37.2 Å². The van der Waals surface area contributed by atoms with Crippen molar-refractivity contribution in [2.24, 2.45) is 0 Å². The van der Waals surface area contributed by atoms with Crippen LogP contribution in [0.25, 0.3) is 0 Å². The predicted octanol–water partition coefficient (Wildman–Crippen LogP) is 4.53. The molecule has 0 aliphatic heterocycles. The van der Waals surface area contributed by atoms with Gasteiger partial charge in [-0.25, -0.2) is 4.79 Å². The van der Waals surface area contributed by atoms with Crippen LogP contribution in [0.2, 0.25) is 0 Å². The lowest BCUT2D eigenvalue weighted by Crippen LogP contribution is -2.39. The molecule has 1 aliphatic rings. The Morgan fingerprint density at radius 1 is 0.818 bits per heavy atom. The molecule has 0 aromatic heterocycles. The van der Waals surface area contributed by atoms with Gasteiger partial charge in [-0.2, -0.15) is 0 Å². The molecule has 0 atom stereocenters. The van der Waals surface area contributed by atoms with Crippen molar-refractivity contribution in [3.63, 3.8) is 0 Å². The number of nitrogens with one attached hydrogen (secondary N) is 2. The Labute approximate surface area is 131 Å². The van der Waals surface area contributed by atoms with Gasteiger partial charge in [-0.05, 0) is 49.3 Å². The molecule has 0 spiro atoms. The van der Waals surface area contributed by atoms with Gasteiger partial charge < -0.3 is 10.6 Å². The largest absolute Gasteiger partial charge is 0.335 e. The highest BCUT2D eigenvalue weighted by Gasteiger charge is 2.23. The molecular weight excluding hydrogens is 272 g/mol. The van der Waals surface area contributed by atoms with Gasteiger partial charge in [0.1, 0.15) is 0 Å². The number of benzene rings is 2. The Hall–Kier alpha value is -2.29. The Kier molecular flexibility index (Phi) is 4.74. The molecule has 2 amide bonds. The van der Waals surface area contributed by atoms with Crippen molar-refractivity contribution < 1.29 is 4.79 Å². The molecule has 114 valence electrons. The van der Waals surface area contributed by atoms with Crippen LogP contribution in [0.15, 0.2) is 60.7 Å². The fourth-order valence-corrected chi connectivity index (χ4v) is 3.17. The van der Waals surface area contributed by atoms with Crippen molar-refractivity contribution in [1.29, 1.82) is 0 Å². The minimum atomic E-state index is -0.102. The van der Waals surface area contributed by atoms with E-state index in [0.29, 0.717) is 5.92 Å². The molecule has 1 aliphatic carbocycles. The molecule has 3 nitrogen and oxygen atoms in total. The summed E-state index contributed by atoms with van der Waals surface area (Å²) in [4.78, 5) is 12.0. The summed E-state index contributed by atoms with van der Waals surface area (Å²) in [5, 5.41) is 5.97. The van der Waals surface area contributed by atoms with Crippen LogP contribution in [-0.2, 0) is 0 Å². The third-order valence-electron chi connectivity index (χ3n) is 4.37. The number of para-hydroxylation sites is 1. The summed E-state index contributed by atoms with van der Waals surface area (Å²) in [6, 6.07) is 20.4. The third kappa shape index (κ3) is 3.88. The van der Waals surface area contributed by atoms with Crippen LogP contribution in [-0.4, -0.2) is 12.1 Å². The van der Waals surface area contributed by atoms with E-state index in [1.165, 1.54) is 5.56 Å². The first kappa shape index (κ1) is 14.6. The third-order valence-corrected chi connectivity index (χ3v) is 4.37. The maximum absolute atomic E-state index is 12.0. The van der Waals surface area contributed by atoms with Gasteiger partial charge in [-0.1, -0.05) is 48.5 Å². The molecule has 0 heterocycles. The van der Waals surface area contributed by atoms with Crippen molar-refractivity contribution in [2.45, 2.75) is 37.6 Å². The van der Waals surface area contributed by atoms with Crippen molar-refractivity contribution in [2.75, 3.05) is 5.32 Å². The standard InChI is InChI=1S/C19H22N2O/c22-19(20-17-9-5-2-6-10-17)21-18-13-11-16(12-14-18)15-7-3-1-4-8-15/h1-10,16,18H,11-14H2,(H2,20,21,22). The Balaban J connectivity index is 1.47. The summed E-state index contributed by atoms with van der Waals surface area (Å²) in [7, 11) is 0. The fourth-order valence-electron chi connectivity index (χ4n) is 3.17. The van der Waals surface area contributed by atoms with E-state index in [4.69, 9.17) is 0 Å². The number of carbonyl (C=O) groups is 1. The molecule has 1 fully saturated rings. The number of rotatable bonds is 3. The molecule has 2 N–H and O–H groups in total. The normalized spacial score (nSPS) is 21.1. The second-order valence-corrected chi connectivity index (χ2v) is 5.92. The van der Waals surface area contributed by atoms with Gasteiger partial charge in [-0.3, -0.25) is 0 Å². The minimum Gasteiger partial charge on any atom is -0.335 e. The zero-order chi connectivity index (χ0) is 15.2. The van der Waals surface area contributed by atoms with Gasteiger partial charge in [-0.15, -0.1) is 0 Å². The Morgan fingerprint density at radius 2 is 1.41 bits per heavy atom. The monoisotopic (exact) mass is 294 g/mol. The van der Waals surface area contributed by atoms with Gasteiger partial charge in [0, 0.05) is 11.7 Å². The van der Waals surface area contributed by atoms with E-state index >= 15 is 0 Å². The first-order valence-electron chi connectivity index (χ1n) is 7.99. The first-order valence-corrected chi connectivity index (χ1v) is 7.99. The van der Waals surface area contributed by atoms with Crippen molar-refractivity contribution in [3.05, 3.63) is 66.2 Å². The molecule has 22 heavy (non-hydrogen) atoms. The van der Waals surface area contributed by atoms with Gasteiger partial charge in [0.15, 0.2) is 0 Å². The topological polar surface area (TPSA) is 41.1 Å². The summed E-state index contributed by atoms with van der Waals surface area (Å²) < 4.78 is 0. The van der Waals surface area contributed by atoms with E-state index in [2.05, 4.69) is 41.0 Å². The highest BCUT2D eigenvalue weighted by molar-refractivity contribution is 5.89. The van der Waals surface area contributed by atoms with E-state index < -0.39 is 0 Å². The highest BCUT2D eigenvalue weighted by atomic mass is 16.2. The highest BCUT2D eigenvalue weighted by Crippen LogP contribution is 2.32. The van der Waals surface area contributed by atoms with Gasteiger partial charge in [0.25, 0.3) is 0 Å². The average molecular weight is 294 g/mol. The summed E-state index contributed by atoms with van der Waals surface area (Å²) in [5.74, 6) is 0.636. The minimum absolute atomic E-state index is 0.102. The summed E-state index contributed by atoms with van der Waals surface area (Å²) in [6.45, 7) is 0. The zero-order valence-corrected chi connectivity index (χ0v) is 12.7. The fraction of sp³-hybridized carbons (Fsp3) is 0.316. The van der Waals surface area contributed by atoms with Crippen LogP contribution in [0.3, 0.4) is 0 Å². The molecule has 0 bridgehead atoms. The van der Waals surface area contributed by atoms with Gasteiger partial charge in [0.2, 0.25) is 0 Å².